The molecule has 0 saturated heterocycles. The molecule has 1 aromatic heterocycles. The van der Waals surface area contributed by atoms with E-state index in [1.54, 1.807) is 18.2 Å². The van der Waals surface area contributed by atoms with Gasteiger partial charge in [0.15, 0.2) is 11.0 Å². The third kappa shape index (κ3) is 6.09. The first-order valence-corrected chi connectivity index (χ1v) is 11.7. The van der Waals surface area contributed by atoms with Gasteiger partial charge in [-0.1, -0.05) is 41.6 Å². The summed E-state index contributed by atoms with van der Waals surface area (Å²) in [5, 5.41) is 15.2. The minimum absolute atomic E-state index is 0.167. The molecule has 2 amide bonds. The molecule has 0 aliphatic rings. The Morgan fingerprint density at radius 2 is 1.97 bits per heavy atom. The summed E-state index contributed by atoms with van der Waals surface area (Å²) < 4.78 is 2.60. The Kier molecular flexibility index (Phi) is 8.11. The maximum atomic E-state index is 12.4. The van der Waals surface area contributed by atoms with Crippen molar-refractivity contribution in [3.63, 3.8) is 0 Å². The highest BCUT2D eigenvalue weighted by Gasteiger charge is 2.15. The monoisotopic (exact) mass is 521 g/mol. The van der Waals surface area contributed by atoms with Gasteiger partial charge in [-0.25, -0.2) is 0 Å². The van der Waals surface area contributed by atoms with Crippen molar-refractivity contribution in [2.45, 2.75) is 32.1 Å². The summed E-state index contributed by atoms with van der Waals surface area (Å²) in [7, 11) is 0. The van der Waals surface area contributed by atoms with Gasteiger partial charge in [0.05, 0.1) is 17.9 Å². The molecular formula is C21H21BrClN5O2S. The minimum atomic E-state index is -0.205. The molecule has 0 unspecified atom stereocenters. The molecule has 0 atom stereocenters. The van der Waals surface area contributed by atoms with Crippen LogP contribution in [0, 0.1) is 6.92 Å². The maximum Gasteiger partial charge on any atom is 0.252 e. The zero-order chi connectivity index (χ0) is 22.4. The summed E-state index contributed by atoms with van der Waals surface area (Å²) in [4.78, 5) is 24.7. The number of nitrogens with one attached hydrogen (secondary N) is 2. The van der Waals surface area contributed by atoms with Crippen LogP contribution in [0.4, 0.5) is 5.69 Å². The Morgan fingerprint density at radius 3 is 2.68 bits per heavy atom. The molecule has 10 heteroatoms. The number of carbonyl (C=O) groups excluding carboxylic acids is 2. The van der Waals surface area contributed by atoms with Gasteiger partial charge < -0.3 is 15.2 Å². The predicted molar refractivity (Wildman–Crippen MR) is 127 cm³/mol. The molecule has 2 N–H and O–H groups in total. The van der Waals surface area contributed by atoms with Gasteiger partial charge >= 0.3 is 0 Å². The number of amides is 2. The summed E-state index contributed by atoms with van der Waals surface area (Å²) in [6.45, 7) is 4.71. The molecule has 0 bridgehead atoms. The van der Waals surface area contributed by atoms with E-state index in [1.807, 2.05) is 42.7 Å². The van der Waals surface area contributed by atoms with Crippen molar-refractivity contribution in [2.24, 2.45) is 0 Å². The standard InChI is InChI=1S/C21H21BrClN5O2S/c1-3-28-18(11-24-20(30)15-6-4-5-7-16(15)22)26-27-21(28)31-12-19(29)25-14-9-8-13(2)17(23)10-14/h4-10H,3,11-12H2,1-2H3,(H,24,30)(H,25,29). The lowest BCUT2D eigenvalue weighted by Gasteiger charge is -2.09. The quantitative estimate of drug-likeness (QED) is 0.419. The second kappa shape index (κ2) is 10.8. The van der Waals surface area contributed by atoms with E-state index in [-0.39, 0.29) is 24.1 Å². The lowest BCUT2D eigenvalue weighted by molar-refractivity contribution is -0.113. The number of hydrogen-bond donors (Lipinski definition) is 2. The summed E-state index contributed by atoms with van der Waals surface area (Å²) in [6, 6.07) is 12.6. The number of carbonyl (C=O) groups is 2. The SMILES string of the molecule is CCn1c(CNC(=O)c2ccccc2Br)nnc1SCC(=O)Nc1ccc(C)c(Cl)c1. The van der Waals surface area contributed by atoms with E-state index >= 15 is 0 Å². The highest BCUT2D eigenvalue weighted by molar-refractivity contribution is 9.10. The zero-order valence-corrected chi connectivity index (χ0v) is 20.1. The number of aromatic nitrogens is 3. The average Bonchev–Trinajstić information content (AvgIpc) is 3.15. The summed E-state index contributed by atoms with van der Waals surface area (Å²) >= 11 is 10.8. The summed E-state index contributed by atoms with van der Waals surface area (Å²) in [6.07, 6.45) is 0. The summed E-state index contributed by atoms with van der Waals surface area (Å²) in [5.74, 6) is 0.423. The zero-order valence-electron chi connectivity index (χ0n) is 17.0. The third-order valence-electron chi connectivity index (χ3n) is 4.42. The molecule has 3 rings (SSSR count). The fraction of sp³-hybridized carbons (Fsp3) is 0.238. The van der Waals surface area contributed by atoms with E-state index in [4.69, 9.17) is 11.6 Å². The van der Waals surface area contributed by atoms with Crippen molar-refractivity contribution >= 4 is 56.8 Å². The smallest absolute Gasteiger partial charge is 0.252 e. The molecule has 31 heavy (non-hydrogen) atoms. The number of hydrogen-bond acceptors (Lipinski definition) is 5. The normalized spacial score (nSPS) is 10.7. The van der Waals surface area contributed by atoms with E-state index in [1.165, 1.54) is 11.8 Å². The number of anilines is 1. The molecule has 0 spiro atoms. The Morgan fingerprint density at radius 1 is 1.19 bits per heavy atom. The van der Waals surface area contributed by atoms with Gasteiger partial charge in [0.1, 0.15) is 0 Å². The Balaban J connectivity index is 1.58. The van der Waals surface area contributed by atoms with E-state index in [9.17, 15) is 9.59 Å². The Labute approximate surface area is 198 Å². The van der Waals surface area contributed by atoms with Crippen LogP contribution >= 0.6 is 39.3 Å². The van der Waals surface area contributed by atoms with E-state index in [0.717, 1.165) is 10.0 Å². The van der Waals surface area contributed by atoms with Crippen LogP contribution in [0.1, 0.15) is 28.7 Å². The molecule has 0 fully saturated rings. The molecule has 0 aliphatic heterocycles. The maximum absolute atomic E-state index is 12.4. The second-order valence-corrected chi connectivity index (χ2v) is 8.81. The molecule has 1 heterocycles. The molecule has 2 aromatic carbocycles. The van der Waals surface area contributed by atoms with Crippen molar-refractivity contribution in [3.8, 4) is 0 Å². The Hall–Kier alpha value is -2.36. The van der Waals surface area contributed by atoms with Crippen LogP contribution in [0.3, 0.4) is 0 Å². The highest BCUT2D eigenvalue weighted by Crippen LogP contribution is 2.22. The van der Waals surface area contributed by atoms with Crippen molar-refractivity contribution < 1.29 is 9.59 Å². The van der Waals surface area contributed by atoms with Crippen LogP contribution in [-0.4, -0.2) is 32.3 Å². The number of benzene rings is 2. The van der Waals surface area contributed by atoms with E-state index < -0.39 is 0 Å². The van der Waals surface area contributed by atoms with Crippen molar-refractivity contribution in [2.75, 3.05) is 11.1 Å². The van der Waals surface area contributed by atoms with E-state index in [2.05, 4.69) is 36.8 Å². The molecular weight excluding hydrogens is 502 g/mol. The fourth-order valence-electron chi connectivity index (χ4n) is 2.77. The molecule has 3 aromatic rings. The number of thioether (sulfide) groups is 1. The highest BCUT2D eigenvalue weighted by atomic mass is 79.9. The molecule has 0 radical (unpaired) electrons. The topological polar surface area (TPSA) is 88.9 Å². The first kappa shape index (κ1) is 23.3. The number of nitrogens with zero attached hydrogens (tertiary/aromatic N) is 3. The van der Waals surface area contributed by atoms with Crippen LogP contribution < -0.4 is 10.6 Å². The number of rotatable bonds is 8. The van der Waals surface area contributed by atoms with Gasteiger partial charge in [0, 0.05) is 21.7 Å². The van der Waals surface area contributed by atoms with Crippen molar-refractivity contribution in [1.82, 2.24) is 20.1 Å². The summed E-state index contributed by atoms with van der Waals surface area (Å²) in [5.41, 5.74) is 2.14. The minimum Gasteiger partial charge on any atom is -0.345 e. The first-order valence-electron chi connectivity index (χ1n) is 9.52. The van der Waals surface area contributed by atoms with Crippen LogP contribution in [0.25, 0.3) is 0 Å². The van der Waals surface area contributed by atoms with Gasteiger partial charge in [0.25, 0.3) is 5.91 Å². The Bertz CT molecular complexity index is 1110. The molecule has 0 saturated carbocycles. The van der Waals surface area contributed by atoms with Gasteiger partial charge in [-0.3, -0.25) is 9.59 Å². The van der Waals surface area contributed by atoms with Crippen LogP contribution in [0.15, 0.2) is 52.1 Å². The van der Waals surface area contributed by atoms with Crippen LogP contribution in [0.2, 0.25) is 5.02 Å². The largest absolute Gasteiger partial charge is 0.345 e. The molecule has 0 aliphatic carbocycles. The third-order valence-corrected chi connectivity index (χ3v) is 6.49. The van der Waals surface area contributed by atoms with Gasteiger partial charge in [-0.05, 0) is 59.6 Å². The molecule has 7 nitrogen and oxygen atoms in total. The number of halogens is 2. The first-order chi connectivity index (χ1) is 14.9. The predicted octanol–water partition coefficient (Wildman–Crippen LogP) is 4.68. The lowest BCUT2D eigenvalue weighted by atomic mass is 10.2. The van der Waals surface area contributed by atoms with Crippen molar-refractivity contribution in [3.05, 3.63) is 68.9 Å². The van der Waals surface area contributed by atoms with Gasteiger partial charge in [0.2, 0.25) is 5.91 Å². The van der Waals surface area contributed by atoms with Crippen LogP contribution in [0.5, 0.6) is 0 Å². The lowest BCUT2D eigenvalue weighted by Crippen LogP contribution is -2.25. The van der Waals surface area contributed by atoms with E-state index in [0.29, 0.717) is 33.8 Å². The van der Waals surface area contributed by atoms with Gasteiger partial charge in [-0.15, -0.1) is 10.2 Å². The molecule has 162 valence electrons. The number of aryl methyl sites for hydroxylation is 1. The van der Waals surface area contributed by atoms with Crippen LogP contribution in [-0.2, 0) is 17.9 Å². The van der Waals surface area contributed by atoms with Gasteiger partial charge in [-0.2, -0.15) is 0 Å². The fourth-order valence-corrected chi connectivity index (χ4v) is 4.24. The second-order valence-electron chi connectivity index (χ2n) is 6.61. The van der Waals surface area contributed by atoms with Crippen molar-refractivity contribution in [1.29, 1.82) is 0 Å². The average molecular weight is 523 g/mol.